The lowest BCUT2D eigenvalue weighted by Crippen LogP contribution is -2.70. The summed E-state index contributed by atoms with van der Waals surface area (Å²) in [5.74, 6) is 0. The number of fused-ring (bicyclic) bond motifs is 2. The molecule has 3 aliphatic heterocycles. The predicted molar refractivity (Wildman–Crippen MR) is 61.9 cm³/mol. The molecule has 88 valence electrons. The minimum absolute atomic E-state index is 0.149. The molecule has 3 heteroatoms. The van der Waals surface area contributed by atoms with Gasteiger partial charge in [-0.15, -0.1) is 0 Å². The van der Waals surface area contributed by atoms with Crippen LogP contribution in [0.5, 0.6) is 0 Å². The number of nitrogens with zero attached hydrogens (tertiary/aromatic N) is 2. The van der Waals surface area contributed by atoms with E-state index in [9.17, 15) is 5.11 Å². The Labute approximate surface area is 93.1 Å². The average molecular weight is 212 g/mol. The Morgan fingerprint density at radius 3 is 2.27 bits per heavy atom. The van der Waals surface area contributed by atoms with Crippen LogP contribution in [-0.2, 0) is 0 Å². The zero-order valence-corrected chi connectivity index (χ0v) is 10.2. The first-order chi connectivity index (χ1) is 7.08. The average Bonchev–Trinajstić information content (AvgIpc) is 2.14. The van der Waals surface area contributed by atoms with Crippen molar-refractivity contribution in [2.24, 2.45) is 0 Å². The molecule has 0 saturated carbocycles. The van der Waals surface area contributed by atoms with Gasteiger partial charge < -0.3 is 10.0 Å². The summed E-state index contributed by atoms with van der Waals surface area (Å²) in [6, 6.07) is 2.28. The molecule has 3 fully saturated rings. The fraction of sp³-hybridized carbons (Fsp3) is 1.00. The van der Waals surface area contributed by atoms with E-state index in [1.165, 1.54) is 19.5 Å². The Hall–Kier alpha value is -0.120. The summed E-state index contributed by atoms with van der Waals surface area (Å²) < 4.78 is 0. The van der Waals surface area contributed by atoms with Gasteiger partial charge in [0.2, 0.25) is 0 Å². The minimum Gasteiger partial charge on any atom is -0.393 e. The smallest absolute Gasteiger partial charge is 0.0524 e. The quantitative estimate of drug-likeness (QED) is 0.751. The van der Waals surface area contributed by atoms with E-state index in [0.717, 1.165) is 25.0 Å². The highest BCUT2D eigenvalue weighted by atomic mass is 16.3. The molecule has 0 amide bonds. The third kappa shape index (κ3) is 2.35. The first kappa shape index (κ1) is 11.4. The fourth-order valence-corrected chi connectivity index (χ4v) is 3.12. The van der Waals surface area contributed by atoms with Crippen LogP contribution in [0.3, 0.4) is 0 Å². The lowest BCUT2D eigenvalue weighted by Gasteiger charge is -2.58. The van der Waals surface area contributed by atoms with Crippen molar-refractivity contribution >= 4 is 0 Å². The first-order valence-corrected chi connectivity index (χ1v) is 6.25. The van der Waals surface area contributed by atoms with Crippen LogP contribution >= 0.6 is 0 Å². The summed E-state index contributed by atoms with van der Waals surface area (Å²) in [5, 5.41) is 9.26. The Morgan fingerprint density at radius 1 is 1.20 bits per heavy atom. The Balaban J connectivity index is 1.77. The predicted octanol–water partition coefficient (Wildman–Crippen LogP) is 0.924. The second kappa shape index (κ2) is 4.40. The van der Waals surface area contributed by atoms with Gasteiger partial charge >= 0.3 is 0 Å². The van der Waals surface area contributed by atoms with Crippen molar-refractivity contribution in [1.82, 2.24) is 9.80 Å². The Kier molecular flexibility index (Phi) is 3.33. The molecule has 3 heterocycles. The topological polar surface area (TPSA) is 26.7 Å². The van der Waals surface area contributed by atoms with Crippen molar-refractivity contribution in [2.75, 3.05) is 19.6 Å². The molecule has 0 spiro atoms. The zero-order valence-electron chi connectivity index (χ0n) is 10.2. The number of aliphatic hydroxyl groups is 1. The van der Waals surface area contributed by atoms with E-state index in [0.29, 0.717) is 6.04 Å². The molecule has 0 aromatic heterocycles. The van der Waals surface area contributed by atoms with Crippen molar-refractivity contribution in [3.05, 3.63) is 0 Å². The SMILES string of the molecule is CC(O)CCN1CC2CC(C1)N2C(C)C. The molecule has 3 rings (SSSR count). The van der Waals surface area contributed by atoms with E-state index in [1.807, 2.05) is 6.92 Å². The lowest BCUT2D eigenvalue weighted by molar-refractivity contribution is -0.0893. The van der Waals surface area contributed by atoms with Crippen LogP contribution in [0, 0.1) is 0 Å². The summed E-state index contributed by atoms with van der Waals surface area (Å²) in [6.45, 7) is 9.96. The minimum atomic E-state index is -0.149. The maximum Gasteiger partial charge on any atom is 0.0524 e. The number of piperidine rings is 1. The number of piperazine rings is 1. The van der Waals surface area contributed by atoms with Crippen LogP contribution in [0.1, 0.15) is 33.6 Å². The van der Waals surface area contributed by atoms with Crippen LogP contribution in [0.25, 0.3) is 0 Å². The molecule has 0 aromatic carbocycles. The molecule has 0 aliphatic carbocycles. The van der Waals surface area contributed by atoms with Crippen molar-refractivity contribution in [3.8, 4) is 0 Å². The molecule has 0 aromatic rings. The first-order valence-electron chi connectivity index (χ1n) is 6.25. The number of rotatable bonds is 4. The van der Waals surface area contributed by atoms with E-state index in [-0.39, 0.29) is 6.10 Å². The number of hydrogen-bond acceptors (Lipinski definition) is 3. The third-order valence-corrected chi connectivity index (χ3v) is 3.78. The van der Waals surface area contributed by atoms with Gasteiger partial charge in [0.05, 0.1) is 6.10 Å². The third-order valence-electron chi connectivity index (χ3n) is 3.78. The van der Waals surface area contributed by atoms with Gasteiger partial charge in [-0.05, 0) is 33.6 Å². The molecule has 3 nitrogen and oxygen atoms in total. The maximum absolute atomic E-state index is 9.26. The second-order valence-electron chi connectivity index (χ2n) is 5.48. The molecule has 3 unspecified atom stereocenters. The molecular weight excluding hydrogens is 188 g/mol. The lowest BCUT2D eigenvalue weighted by atomic mass is 9.86. The van der Waals surface area contributed by atoms with E-state index in [2.05, 4.69) is 23.6 Å². The van der Waals surface area contributed by atoms with Gasteiger partial charge in [-0.2, -0.15) is 0 Å². The highest BCUT2D eigenvalue weighted by Gasteiger charge is 2.45. The summed E-state index contributed by atoms with van der Waals surface area (Å²) >= 11 is 0. The summed E-state index contributed by atoms with van der Waals surface area (Å²) in [6.07, 6.45) is 2.16. The van der Waals surface area contributed by atoms with Gasteiger partial charge in [-0.3, -0.25) is 4.90 Å². The molecule has 1 N–H and O–H groups in total. The molecule has 15 heavy (non-hydrogen) atoms. The van der Waals surface area contributed by atoms with Gasteiger partial charge in [0.1, 0.15) is 0 Å². The van der Waals surface area contributed by atoms with Gasteiger partial charge in [0.25, 0.3) is 0 Å². The van der Waals surface area contributed by atoms with Crippen molar-refractivity contribution in [2.45, 2.75) is 57.8 Å². The maximum atomic E-state index is 9.26. The number of hydrogen-bond donors (Lipinski definition) is 1. The largest absolute Gasteiger partial charge is 0.393 e. The van der Waals surface area contributed by atoms with Crippen LogP contribution in [0.2, 0.25) is 0 Å². The van der Waals surface area contributed by atoms with Crippen molar-refractivity contribution in [3.63, 3.8) is 0 Å². The van der Waals surface area contributed by atoms with Crippen LogP contribution < -0.4 is 0 Å². The normalized spacial score (nSPS) is 34.2. The highest BCUT2D eigenvalue weighted by Crippen LogP contribution is 2.33. The zero-order chi connectivity index (χ0) is 11.0. The van der Waals surface area contributed by atoms with Crippen molar-refractivity contribution < 1.29 is 5.11 Å². The van der Waals surface area contributed by atoms with E-state index < -0.39 is 0 Å². The van der Waals surface area contributed by atoms with Gasteiger partial charge in [-0.1, -0.05) is 0 Å². The van der Waals surface area contributed by atoms with Gasteiger partial charge in [-0.25, -0.2) is 0 Å². The molecule has 0 radical (unpaired) electrons. The monoisotopic (exact) mass is 212 g/mol. The van der Waals surface area contributed by atoms with E-state index >= 15 is 0 Å². The molecule has 3 atom stereocenters. The highest BCUT2D eigenvalue weighted by molar-refractivity contribution is 5.01. The van der Waals surface area contributed by atoms with Crippen LogP contribution in [0.4, 0.5) is 0 Å². The van der Waals surface area contributed by atoms with Gasteiger partial charge in [0, 0.05) is 37.8 Å². The summed E-state index contributed by atoms with van der Waals surface area (Å²) in [7, 11) is 0. The van der Waals surface area contributed by atoms with Gasteiger partial charge in [0.15, 0.2) is 0 Å². The van der Waals surface area contributed by atoms with Crippen molar-refractivity contribution in [1.29, 1.82) is 0 Å². The summed E-state index contributed by atoms with van der Waals surface area (Å²) in [5.41, 5.74) is 0. The fourth-order valence-electron chi connectivity index (χ4n) is 3.12. The van der Waals surface area contributed by atoms with Crippen LogP contribution in [0.15, 0.2) is 0 Å². The molecular formula is C12H24N2O. The Morgan fingerprint density at radius 2 is 1.80 bits per heavy atom. The number of aliphatic hydroxyl groups excluding tert-OH is 1. The Bertz CT molecular complexity index is 206. The molecule has 2 bridgehead atoms. The molecule has 3 aliphatic rings. The van der Waals surface area contributed by atoms with E-state index in [4.69, 9.17) is 0 Å². The summed E-state index contributed by atoms with van der Waals surface area (Å²) in [4.78, 5) is 5.17. The second-order valence-corrected chi connectivity index (χ2v) is 5.48. The van der Waals surface area contributed by atoms with Crippen LogP contribution in [-0.4, -0.2) is 58.8 Å². The molecule has 3 saturated heterocycles. The standard InChI is InChI=1S/C12H24N2O/c1-9(2)14-11-6-12(14)8-13(7-11)5-4-10(3)15/h9-12,15H,4-8H2,1-3H3. The van der Waals surface area contributed by atoms with E-state index in [1.54, 1.807) is 0 Å².